The first-order valence-corrected chi connectivity index (χ1v) is 9.30. The van der Waals surface area contributed by atoms with Gasteiger partial charge in [-0.2, -0.15) is 0 Å². The Balaban J connectivity index is 1.99. The van der Waals surface area contributed by atoms with E-state index in [1.807, 2.05) is 51.8 Å². The van der Waals surface area contributed by atoms with Gasteiger partial charge in [0.15, 0.2) is 0 Å². The smallest absolute Gasteiger partial charge is 0.374 e. The number of carbonyl (C=O) groups is 1. The minimum absolute atomic E-state index is 0.263. The first kappa shape index (κ1) is 18.0. The van der Waals surface area contributed by atoms with Crippen LogP contribution in [-0.2, 0) is 4.74 Å². The summed E-state index contributed by atoms with van der Waals surface area (Å²) in [4.78, 5) is 21.4. The quantitative estimate of drug-likeness (QED) is 0.496. The van der Waals surface area contributed by atoms with Gasteiger partial charge >= 0.3 is 5.97 Å². The lowest BCUT2D eigenvalue weighted by atomic mass is 9.94. The minimum atomic E-state index is -0.433. The highest BCUT2D eigenvalue weighted by Gasteiger charge is 2.28. The first-order valence-electron chi connectivity index (χ1n) is 9.30. The van der Waals surface area contributed by atoms with Gasteiger partial charge in [-0.05, 0) is 49.6 Å². The number of imidazole rings is 2. The van der Waals surface area contributed by atoms with E-state index in [1.165, 1.54) is 0 Å². The maximum Gasteiger partial charge on any atom is 0.374 e. The molecular formula is C22H22N4O2. The molecule has 6 nitrogen and oxygen atoms in total. The van der Waals surface area contributed by atoms with Crippen LogP contribution >= 0.6 is 0 Å². The highest BCUT2D eigenvalue weighted by molar-refractivity contribution is 5.85. The van der Waals surface area contributed by atoms with Crippen LogP contribution in [-0.4, -0.2) is 31.5 Å². The van der Waals surface area contributed by atoms with Crippen molar-refractivity contribution in [3.63, 3.8) is 0 Å². The van der Waals surface area contributed by atoms with Crippen molar-refractivity contribution >= 4 is 11.6 Å². The van der Waals surface area contributed by atoms with Crippen molar-refractivity contribution in [2.45, 2.75) is 26.8 Å². The highest BCUT2D eigenvalue weighted by Crippen LogP contribution is 2.33. The minimum Gasteiger partial charge on any atom is -0.460 e. The molecule has 0 saturated carbocycles. The molecule has 0 aliphatic carbocycles. The first-order chi connectivity index (χ1) is 13.6. The SMILES string of the molecule is CCOC(=O)c1nccn1C(c1c(C)cccc1C)c1cnc2ccccn12. The fourth-order valence-corrected chi connectivity index (χ4v) is 3.72. The van der Waals surface area contributed by atoms with Gasteiger partial charge in [-0.3, -0.25) is 0 Å². The zero-order valence-corrected chi connectivity index (χ0v) is 16.2. The number of rotatable bonds is 5. The molecule has 1 atom stereocenters. The average molecular weight is 374 g/mol. The number of nitrogens with zero attached hydrogens (tertiary/aromatic N) is 4. The summed E-state index contributed by atoms with van der Waals surface area (Å²) in [5.41, 5.74) is 5.21. The van der Waals surface area contributed by atoms with Crippen LogP contribution in [0, 0.1) is 13.8 Å². The number of carbonyl (C=O) groups excluding carboxylic acids is 1. The molecular weight excluding hydrogens is 352 g/mol. The van der Waals surface area contributed by atoms with E-state index in [0.29, 0.717) is 6.61 Å². The number of fused-ring (bicyclic) bond motifs is 1. The molecule has 1 unspecified atom stereocenters. The number of pyridine rings is 1. The Morgan fingerprint density at radius 2 is 1.86 bits per heavy atom. The molecule has 28 heavy (non-hydrogen) atoms. The molecule has 0 aliphatic rings. The fourth-order valence-electron chi connectivity index (χ4n) is 3.72. The van der Waals surface area contributed by atoms with Gasteiger partial charge in [0.25, 0.3) is 0 Å². The molecule has 0 saturated heterocycles. The number of esters is 1. The number of hydrogen-bond donors (Lipinski definition) is 0. The monoisotopic (exact) mass is 374 g/mol. The van der Waals surface area contributed by atoms with Crippen molar-refractivity contribution in [2.24, 2.45) is 0 Å². The number of benzene rings is 1. The lowest BCUT2D eigenvalue weighted by molar-refractivity contribution is 0.0505. The second-order valence-corrected chi connectivity index (χ2v) is 6.70. The van der Waals surface area contributed by atoms with E-state index in [0.717, 1.165) is 28.0 Å². The third-order valence-electron chi connectivity index (χ3n) is 4.95. The van der Waals surface area contributed by atoms with Crippen molar-refractivity contribution in [3.05, 3.63) is 89.4 Å². The largest absolute Gasteiger partial charge is 0.460 e. The number of aromatic nitrogens is 4. The van der Waals surface area contributed by atoms with Crippen molar-refractivity contribution in [1.82, 2.24) is 18.9 Å². The van der Waals surface area contributed by atoms with E-state index < -0.39 is 5.97 Å². The molecule has 0 radical (unpaired) electrons. The molecule has 4 aromatic rings. The topological polar surface area (TPSA) is 61.4 Å². The zero-order valence-electron chi connectivity index (χ0n) is 16.2. The number of hydrogen-bond acceptors (Lipinski definition) is 4. The van der Waals surface area contributed by atoms with Crippen molar-refractivity contribution in [3.8, 4) is 0 Å². The Kier molecular flexibility index (Phi) is 4.69. The molecule has 1 aromatic carbocycles. The summed E-state index contributed by atoms with van der Waals surface area (Å²) in [6.07, 6.45) is 7.31. The van der Waals surface area contributed by atoms with Gasteiger partial charge in [-0.15, -0.1) is 0 Å². The third kappa shape index (κ3) is 2.97. The maximum atomic E-state index is 12.5. The zero-order chi connectivity index (χ0) is 19.7. The molecule has 0 aliphatic heterocycles. The maximum absolute atomic E-state index is 12.5. The van der Waals surface area contributed by atoms with Gasteiger partial charge in [0.2, 0.25) is 5.82 Å². The fraction of sp³-hybridized carbons (Fsp3) is 0.227. The molecule has 4 rings (SSSR count). The van der Waals surface area contributed by atoms with E-state index in [4.69, 9.17) is 4.74 Å². The Hall–Kier alpha value is -3.41. The van der Waals surface area contributed by atoms with E-state index in [1.54, 1.807) is 13.1 Å². The van der Waals surface area contributed by atoms with Crippen LogP contribution in [0.3, 0.4) is 0 Å². The Labute approximate surface area is 163 Å². The molecule has 0 fully saturated rings. The molecule has 3 heterocycles. The van der Waals surface area contributed by atoms with E-state index in [2.05, 4.69) is 35.9 Å². The van der Waals surface area contributed by atoms with Crippen LogP contribution in [0.25, 0.3) is 5.65 Å². The average Bonchev–Trinajstić information content (AvgIpc) is 3.33. The second-order valence-electron chi connectivity index (χ2n) is 6.70. The lowest BCUT2D eigenvalue weighted by Crippen LogP contribution is -2.22. The normalized spacial score (nSPS) is 12.2. The Bertz CT molecular complexity index is 1120. The lowest BCUT2D eigenvalue weighted by Gasteiger charge is -2.24. The summed E-state index contributed by atoms with van der Waals surface area (Å²) in [7, 11) is 0. The molecule has 0 N–H and O–H groups in total. The summed E-state index contributed by atoms with van der Waals surface area (Å²) in [6.45, 7) is 6.26. The molecule has 142 valence electrons. The van der Waals surface area contributed by atoms with Crippen molar-refractivity contribution in [2.75, 3.05) is 6.61 Å². The third-order valence-corrected chi connectivity index (χ3v) is 4.95. The summed E-state index contributed by atoms with van der Waals surface area (Å²) in [5, 5.41) is 0. The Morgan fingerprint density at radius 1 is 1.07 bits per heavy atom. The number of aryl methyl sites for hydroxylation is 2. The molecule has 3 aromatic heterocycles. The van der Waals surface area contributed by atoms with Crippen LogP contribution < -0.4 is 0 Å². The summed E-state index contributed by atoms with van der Waals surface area (Å²) >= 11 is 0. The van der Waals surface area contributed by atoms with Gasteiger partial charge in [0.1, 0.15) is 11.7 Å². The van der Waals surface area contributed by atoms with Crippen LogP contribution in [0.2, 0.25) is 0 Å². The number of ether oxygens (including phenoxy) is 1. The predicted molar refractivity (Wildman–Crippen MR) is 107 cm³/mol. The van der Waals surface area contributed by atoms with E-state index in [9.17, 15) is 4.79 Å². The Morgan fingerprint density at radius 3 is 2.61 bits per heavy atom. The highest BCUT2D eigenvalue weighted by atomic mass is 16.5. The standard InChI is InChI=1S/C22H22N4O2/c1-4-28-22(27)21-23-11-13-26(21)20(19-15(2)8-7-9-16(19)3)17-14-24-18-10-5-6-12-25(17)18/h5-14,20H,4H2,1-3H3. The second kappa shape index (κ2) is 7.31. The molecule has 0 spiro atoms. The molecule has 6 heteroatoms. The van der Waals surface area contributed by atoms with Crippen LogP contribution in [0.15, 0.2) is 61.2 Å². The van der Waals surface area contributed by atoms with Crippen LogP contribution in [0.4, 0.5) is 0 Å². The van der Waals surface area contributed by atoms with Gasteiger partial charge in [0.05, 0.1) is 18.5 Å². The summed E-state index contributed by atoms with van der Waals surface area (Å²) in [5.74, 6) is -0.155. The van der Waals surface area contributed by atoms with Gasteiger partial charge in [-0.1, -0.05) is 24.3 Å². The summed E-state index contributed by atoms with van der Waals surface area (Å²) in [6, 6.07) is 11.8. The van der Waals surface area contributed by atoms with Crippen molar-refractivity contribution < 1.29 is 9.53 Å². The molecule has 0 bridgehead atoms. The van der Waals surface area contributed by atoms with Crippen LogP contribution in [0.1, 0.15) is 46.0 Å². The van der Waals surface area contributed by atoms with Gasteiger partial charge in [0, 0.05) is 18.6 Å². The van der Waals surface area contributed by atoms with Crippen LogP contribution in [0.5, 0.6) is 0 Å². The predicted octanol–water partition coefficient (Wildman–Crippen LogP) is 3.96. The van der Waals surface area contributed by atoms with Gasteiger partial charge < -0.3 is 13.7 Å². The van der Waals surface area contributed by atoms with E-state index >= 15 is 0 Å². The molecule has 0 amide bonds. The van der Waals surface area contributed by atoms with Gasteiger partial charge in [-0.25, -0.2) is 14.8 Å². The van der Waals surface area contributed by atoms with E-state index in [-0.39, 0.29) is 11.9 Å². The van der Waals surface area contributed by atoms with Crippen molar-refractivity contribution in [1.29, 1.82) is 0 Å². The summed E-state index contributed by atoms with van der Waals surface area (Å²) < 4.78 is 9.16.